The van der Waals surface area contributed by atoms with Gasteiger partial charge in [0.2, 0.25) is 5.91 Å². The summed E-state index contributed by atoms with van der Waals surface area (Å²) in [7, 11) is 0. The average molecular weight is 482 g/mol. The lowest BCUT2D eigenvalue weighted by Gasteiger charge is -2.36. The maximum absolute atomic E-state index is 12.7. The Bertz CT molecular complexity index is 1300. The highest BCUT2D eigenvalue weighted by atomic mass is 16.2. The molecule has 0 spiro atoms. The Labute approximate surface area is 213 Å². The maximum Gasteiger partial charge on any atom is 0.227 e. The number of amides is 1. The largest absolute Gasteiger partial charge is 0.366 e. The van der Waals surface area contributed by atoms with Gasteiger partial charge in [0.05, 0.1) is 17.1 Å². The second-order valence-corrected chi connectivity index (χ2v) is 10.9. The molecule has 3 fully saturated rings. The number of hydrogen-bond acceptors (Lipinski definition) is 4. The van der Waals surface area contributed by atoms with Crippen LogP contribution < -0.4 is 4.90 Å². The van der Waals surface area contributed by atoms with Crippen LogP contribution in [0.15, 0.2) is 48.8 Å². The Balaban J connectivity index is 1.16. The molecule has 3 atom stereocenters. The Morgan fingerprint density at radius 3 is 2.50 bits per heavy atom. The van der Waals surface area contributed by atoms with Crippen molar-refractivity contribution in [3.8, 4) is 23.5 Å². The van der Waals surface area contributed by atoms with Gasteiger partial charge in [-0.1, -0.05) is 24.3 Å². The number of terminal acetylenes is 1. The number of rotatable bonds is 5. The summed E-state index contributed by atoms with van der Waals surface area (Å²) >= 11 is 0. The van der Waals surface area contributed by atoms with Gasteiger partial charge in [-0.15, -0.1) is 12.3 Å². The van der Waals surface area contributed by atoms with Crippen molar-refractivity contribution in [3.63, 3.8) is 0 Å². The van der Waals surface area contributed by atoms with E-state index in [0.717, 1.165) is 44.7 Å². The van der Waals surface area contributed by atoms with Crippen molar-refractivity contribution in [2.75, 3.05) is 44.2 Å². The van der Waals surface area contributed by atoms with Crippen molar-refractivity contribution >= 4 is 17.1 Å². The number of benzene rings is 1. The molecule has 186 valence electrons. The summed E-state index contributed by atoms with van der Waals surface area (Å²) in [5, 5.41) is 4.58. The lowest BCUT2D eigenvalue weighted by atomic mass is 9.96. The van der Waals surface area contributed by atoms with Crippen molar-refractivity contribution in [1.29, 1.82) is 0 Å². The number of carbonyl (C=O) groups excluding carboxylic acids is 1. The molecular formula is C30H35N5O. The first-order chi connectivity index (χ1) is 17.5. The number of aromatic nitrogens is 2. The van der Waals surface area contributed by atoms with Gasteiger partial charge in [-0.3, -0.25) is 4.79 Å². The van der Waals surface area contributed by atoms with Crippen molar-refractivity contribution in [3.05, 3.63) is 54.4 Å². The second kappa shape index (κ2) is 9.29. The summed E-state index contributed by atoms with van der Waals surface area (Å²) in [6, 6.07) is 14.1. The molecule has 2 aromatic heterocycles. The number of nitrogens with zero attached hydrogens (tertiary/aromatic N) is 5. The van der Waals surface area contributed by atoms with Crippen LogP contribution in [-0.4, -0.2) is 70.6 Å². The average Bonchev–Trinajstić information content (AvgIpc) is 3.30. The van der Waals surface area contributed by atoms with E-state index in [0.29, 0.717) is 12.0 Å². The van der Waals surface area contributed by atoms with Crippen LogP contribution in [0.5, 0.6) is 0 Å². The smallest absolute Gasteiger partial charge is 0.227 e. The fourth-order valence-corrected chi connectivity index (χ4v) is 5.96. The fraction of sp³-hybridized carbons (Fsp3) is 0.467. The Morgan fingerprint density at radius 1 is 1.06 bits per heavy atom. The number of piperazine rings is 1. The molecule has 0 radical (unpaired) electrons. The number of carbonyl (C=O) groups is 1. The van der Waals surface area contributed by atoms with Gasteiger partial charge in [0, 0.05) is 62.6 Å². The number of fused-ring (bicyclic) bond motifs is 1. The van der Waals surface area contributed by atoms with Crippen molar-refractivity contribution in [2.24, 2.45) is 11.8 Å². The van der Waals surface area contributed by atoms with Gasteiger partial charge < -0.3 is 14.7 Å². The third-order valence-electron chi connectivity index (χ3n) is 8.41. The first-order valence-electron chi connectivity index (χ1n) is 13.3. The highest BCUT2D eigenvalue weighted by molar-refractivity contribution is 5.83. The fourth-order valence-electron chi connectivity index (χ4n) is 5.96. The van der Waals surface area contributed by atoms with Gasteiger partial charge in [0.15, 0.2) is 0 Å². The van der Waals surface area contributed by atoms with E-state index < -0.39 is 0 Å². The molecule has 3 aromatic rings. The minimum absolute atomic E-state index is 0.0524. The first kappa shape index (κ1) is 23.1. The summed E-state index contributed by atoms with van der Waals surface area (Å²) in [5.74, 6) is 3.80. The van der Waals surface area contributed by atoms with Crippen LogP contribution >= 0.6 is 0 Å². The zero-order valence-electron chi connectivity index (χ0n) is 21.3. The SMILES string of the molecule is C#CC1C[C@@H]1C(=O)N1CCN(c2ccnn3cc(-c4ccc(C5CCN(C(C)C)C5)cc4)cc23)CC1. The predicted octanol–water partition coefficient (Wildman–Crippen LogP) is 4.12. The van der Waals surface area contributed by atoms with Crippen molar-refractivity contribution in [2.45, 2.75) is 38.6 Å². The lowest BCUT2D eigenvalue weighted by molar-refractivity contribution is -0.133. The molecule has 6 nitrogen and oxygen atoms in total. The highest BCUT2D eigenvalue weighted by Crippen LogP contribution is 2.39. The zero-order chi connectivity index (χ0) is 24.8. The molecule has 1 aliphatic carbocycles. The molecule has 2 aliphatic heterocycles. The molecule has 6 rings (SSSR count). The predicted molar refractivity (Wildman–Crippen MR) is 144 cm³/mol. The molecule has 0 N–H and O–H groups in total. The Hall–Kier alpha value is -3.30. The van der Waals surface area contributed by atoms with Crippen LogP contribution in [-0.2, 0) is 4.79 Å². The van der Waals surface area contributed by atoms with E-state index in [1.165, 1.54) is 35.3 Å². The molecule has 3 aliphatic rings. The zero-order valence-corrected chi connectivity index (χ0v) is 21.3. The van der Waals surface area contributed by atoms with Crippen LogP contribution in [0.3, 0.4) is 0 Å². The third-order valence-corrected chi connectivity index (χ3v) is 8.41. The van der Waals surface area contributed by atoms with E-state index in [1.54, 1.807) is 0 Å². The molecule has 6 heteroatoms. The van der Waals surface area contributed by atoms with Gasteiger partial charge in [0.1, 0.15) is 0 Å². The first-order valence-corrected chi connectivity index (χ1v) is 13.3. The van der Waals surface area contributed by atoms with Gasteiger partial charge >= 0.3 is 0 Å². The van der Waals surface area contributed by atoms with Gasteiger partial charge in [-0.05, 0) is 62.4 Å². The summed E-state index contributed by atoms with van der Waals surface area (Å²) in [4.78, 5) is 19.6. The molecule has 36 heavy (non-hydrogen) atoms. The number of likely N-dealkylation sites (tertiary alicyclic amines) is 1. The minimum atomic E-state index is 0.0524. The van der Waals surface area contributed by atoms with Gasteiger partial charge in [0.25, 0.3) is 0 Å². The van der Waals surface area contributed by atoms with E-state index in [2.05, 4.69) is 77.3 Å². The molecule has 1 aromatic carbocycles. The van der Waals surface area contributed by atoms with Gasteiger partial charge in [-0.2, -0.15) is 5.10 Å². The van der Waals surface area contributed by atoms with E-state index in [9.17, 15) is 4.79 Å². The van der Waals surface area contributed by atoms with E-state index >= 15 is 0 Å². The molecule has 4 heterocycles. The van der Waals surface area contributed by atoms with Crippen LogP contribution in [0.2, 0.25) is 0 Å². The lowest BCUT2D eigenvalue weighted by Crippen LogP contribution is -2.49. The number of anilines is 1. The molecular weight excluding hydrogens is 446 g/mol. The quantitative estimate of drug-likeness (QED) is 0.515. The second-order valence-electron chi connectivity index (χ2n) is 10.9. The van der Waals surface area contributed by atoms with Crippen LogP contribution in [0, 0.1) is 24.2 Å². The third kappa shape index (κ3) is 4.26. The van der Waals surface area contributed by atoms with E-state index in [-0.39, 0.29) is 17.7 Å². The van der Waals surface area contributed by atoms with Crippen molar-refractivity contribution < 1.29 is 4.79 Å². The standard InChI is InChI=1S/C30H35N5O/c1-4-22-17-27(22)30(36)33-15-13-32(14-16-33)28-9-11-31-35-20-26(18-29(28)35)24-7-5-23(6-8-24)25-10-12-34(19-25)21(2)3/h1,5-9,11,18,20-22,25,27H,10,12-17,19H2,2-3H3/t22?,25?,27-/m0/s1. The molecule has 0 bridgehead atoms. The van der Waals surface area contributed by atoms with Gasteiger partial charge in [-0.25, -0.2) is 4.52 Å². The number of hydrogen-bond donors (Lipinski definition) is 0. The Morgan fingerprint density at radius 2 is 1.83 bits per heavy atom. The molecule has 2 unspecified atom stereocenters. The normalized spacial score (nSPS) is 24.4. The highest BCUT2D eigenvalue weighted by Gasteiger charge is 2.44. The van der Waals surface area contributed by atoms with Crippen LogP contribution in [0.25, 0.3) is 16.6 Å². The summed E-state index contributed by atoms with van der Waals surface area (Å²) in [6.45, 7) is 10.0. The Kier molecular flexibility index (Phi) is 5.97. The molecule has 2 saturated heterocycles. The molecule has 1 amide bonds. The summed E-state index contributed by atoms with van der Waals surface area (Å²) in [6.07, 6.45) is 11.6. The topological polar surface area (TPSA) is 44.1 Å². The van der Waals surface area contributed by atoms with E-state index in [1.807, 2.05) is 15.6 Å². The van der Waals surface area contributed by atoms with Crippen LogP contribution in [0.1, 0.15) is 38.2 Å². The summed E-state index contributed by atoms with van der Waals surface area (Å²) < 4.78 is 1.98. The monoisotopic (exact) mass is 481 g/mol. The van der Waals surface area contributed by atoms with Crippen molar-refractivity contribution in [1.82, 2.24) is 19.4 Å². The summed E-state index contributed by atoms with van der Waals surface area (Å²) in [5.41, 5.74) is 6.12. The maximum atomic E-state index is 12.7. The molecule has 1 saturated carbocycles. The van der Waals surface area contributed by atoms with E-state index in [4.69, 9.17) is 6.42 Å². The minimum Gasteiger partial charge on any atom is -0.366 e. The van der Waals surface area contributed by atoms with Crippen LogP contribution in [0.4, 0.5) is 5.69 Å².